The molecule has 0 radical (unpaired) electrons. The third kappa shape index (κ3) is 5.03. The van der Waals surface area contributed by atoms with Gasteiger partial charge in [0, 0.05) is 37.9 Å². The smallest absolute Gasteiger partial charge is 0.257 e. The number of aryl methyl sites for hydroxylation is 2. The van der Waals surface area contributed by atoms with Gasteiger partial charge in [0.2, 0.25) is 0 Å². The number of piperidine rings is 1. The Balaban J connectivity index is 1.50. The maximum Gasteiger partial charge on any atom is 0.257 e. The summed E-state index contributed by atoms with van der Waals surface area (Å²) in [6.45, 7) is 6.66. The minimum Gasteiger partial charge on any atom is -0.469 e. The van der Waals surface area contributed by atoms with E-state index < -0.39 is 0 Å². The van der Waals surface area contributed by atoms with Crippen LogP contribution in [0.15, 0.2) is 47.2 Å². The first-order valence-corrected chi connectivity index (χ1v) is 11.6. The van der Waals surface area contributed by atoms with E-state index in [1.165, 1.54) is 17.3 Å². The number of hydrogen-bond acceptors (Lipinski definition) is 4. The number of halogens is 1. The van der Waals surface area contributed by atoms with Gasteiger partial charge in [0.25, 0.3) is 5.91 Å². The van der Waals surface area contributed by atoms with Gasteiger partial charge in [0.1, 0.15) is 11.6 Å². The number of carbonyl (C=O) groups excluding carboxylic acids is 1. The molecule has 1 aliphatic rings. The van der Waals surface area contributed by atoms with Crippen molar-refractivity contribution in [2.75, 3.05) is 20.1 Å². The second-order valence-corrected chi connectivity index (χ2v) is 9.16. The number of likely N-dealkylation sites (N-methyl/N-ethyl adjacent to an activating group) is 1. The van der Waals surface area contributed by atoms with E-state index in [1.807, 2.05) is 37.1 Å². The molecule has 6 nitrogen and oxygen atoms in total. The van der Waals surface area contributed by atoms with Crippen molar-refractivity contribution in [3.63, 3.8) is 0 Å². The van der Waals surface area contributed by atoms with Crippen LogP contribution in [-0.4, -0.2) is 51.7 Å². The molecule has 33 heavy (non-hydrogen) atoms. The molecule has 4 rings (SSSR count). The van der Waals surface area contributed by atoms with E-state index in [0.29, 0.717) is 23.3 Å². The molecule has 1 aromatic carbocycles. The third-order valence-electron chi connectivity index (χ3n) is 7.20. The number of nitrogens with zero attached hydrogens (tertiary/aromatic N) is 4. The van der Waals surface area contributed by atoms with Gasteiger partial charge >= 0.3 is 0 Å². The Kier molecular flexibility index (Phi) is 6.98. The molecule has 0 aliphatic carbocycles. The van der Waals surface area contributed by atoms with Crippen LogP contribution in [0, 0.1) is 25.6 Å². The number of rotatable bonds is 7. The summed E-state index contributed by atoms with van der Waals surface area (Å²) in [6.07, 6.45) is 5.91. The van der Waals surface area contributed by atoms with Crippen LogP contribution in [0.25, 0.3) is 0 Å². The van der Waals surface area contributed by atoms with E-state index in [-0.39, 0.29) is 23.7 Å². The van der Waals surface area contributed by atoms with Crippen molar-refractivity contribution in [1.29, 1.82) is 0 Å². The van der Waals surface area contributed by atoms with Crippen LogP contribution in [-0.2, 0) is 20.0 Å². The van der Waals surface area contributed by atoms with Crippen LogP contribution in [0.3, 0.4) is 0 Å². The molecule has 1 saturated heterocycles. The topological polar surface area (TPSA) is 54.5 Å². The van der Waals surface area contributed by atoms with Gasteiger partial charge in [-0.1, -0.05) is 18.2 Å². The molecule has 0 spiro atoms. The lowest BCUT2D eigenvalue weighted by molar-refractivity contribution is 0.0581. The SMILES string of the molecule is Cc1occc1C(=O)N(C)C(Cc1ccccc1F)C1CCN(Cc2cnn(C)c2C)CC1. The predicted molar refractivity (Wildman–Crippen MR) is 125 cm³/mol. The van der Waals surface area contributed by atoms with Gasteiger partial charge in [-0.05, 0) is 69.8 Å². The van der Waals surface area contributed by atoms with E-state index in [2.05, 4.69) is 16.9 Å². The normalized spacial score (nSPS) is 16.2. The van der Waals surface area contributed by atoms with Crippen LogP contribution < -0.4 is 0 Å². The molecule has 1 fully saturated rings. The quantitative estimate of drug-likeness (QED) is 0.534. The number of benzene rings is 1. The lowest BCUT2D eigenvalue weighted by Crippen LogP contribution is -2.47. The molecule has 0 N–H and O–H groups in total. The van der Waals surface area contributed by atoms with Crippen molar-refractivity contribution in [2.45, 2.75) is 45.7 Å². The predicted octanol–water partition coefficient (Wildman–Crippen LogP) is 4.36. The second-order valence-electron chi connectivity index (χ2n) is 9.16. The van der Waals surface area contributed by atoms with Crippen LogP contribution >= 0.6 is 0 Å². The number of hydrogen-bond donors (Lipinski definition) is 0. The molecule has 1 atom stereocenters. The highest BCUT2D eigenvalue weighted by atomic mass is 19.1. The van der Waals surface area contributed by atoms with Crippen molar-refractivity contribution in [3.05, 3.63) is 76.8 Å². The Hall–Kier alpha value is -2.93. The zero-order valence-corrected chi connectivity index (χ0v) is 19.9. The van der Waals surface area contributed by atoms with Crippen LogP contribution in [0.5, 0.6) is 0 Å². The first-order chi connectivity index (χ1) is 15.8. The number of amides is 1. The average Bonchev–Trinajstić information content (AvgIpc) is 3.38. The summed E-state index contributed by atoms with van der Waals surface area (Å²) < 4.78 is 21.8. The van der Waals surface area contributed by atoms with Gasteiger partial charge in [0.05, 0.1) is 18.0 Å². The Morgan fingerprint density at radius 3 is 2.55 bits per heavy atom. The van der Waals surface area contributed by atoms with Gasteiger partial charge < -0.3 is 9.32 Å². The molecule has 3 aromatic rings. The fraction of sp³-hybridized carbons (Fsp3) is 0.462. The Morgan fingerprint density at radius 2 is 1.94 bits per heavy atom. The number of aromatic nitrogens is 2. The largest absolute Gasteiger partial charge is 0.469 e. The highest BCUT2D eigenvalue weighted by molar-refractivity contribution is 5.95. The van der Waals surface area contributed by atoms with E-state index in [4.69, 9.17) is 4.42 Å². The van der Waals surface area contributed by atoms with Crippen molar-refractivity contribution in [1.82, 2.24) is 19.6 Å². The first-order valence-electron chi connectivity index (χ1n) is 11.6. The highest BCUT2D eigenvalue weighted by Gasteiger charge is 2.33. The molecule has 3 heterocycles. The minimum absolute atomic E-state index is 0.0731. The molecule has 7 heteroatoms. The molecule has 2 aromatic heterocycles. The number of carbonyl (C=O) groups is 1. The van der Waals surface area contributed by atoms with Crippen molar-refractivity contribution < 1.29 is 13.6 Å². The van der Waals surface area contributed by atoms with E-state index >= 15 is 0 Å². The average molecular weight is 453 g/mol. The zero-order chi connectivity index (χ0) is 23.5. The lowest BCUT2D eigenvalue weighted by Gasteiger charge is -2.40. The van der Waals surface area contributed by atoms with Crippen molar-refractivity contribution >= 4 is 5.91 Å². The second kappa shape index (κ2) is 9.91. The summed E-state index contributed by atoms with van der Waals surface area (Å²) in [5, 5.41) is 4.36. The summed E-state index contributed by atoms with van der Waals surface area (Å²) in [5.41, 5.74) is 3.66. The highest BCUT2D eigenvalue weighted by Crippen LogP contribution is 2.29. The third-order valence-corrected chi connectivity index (χ3v) is 7.20. The van der Waals surface area contributed by atoms with Crippen LogP contribution in [0.1, 0.15) is 45.8 Å². The first kappa shape index (κ1) is 23.2. The minimum atomic E-state index is -0.215. The van der Waals surface area contributed by atoms with Crippen molar-refractivity contribution in [3.8, 4) is 0 Å². The van der Waals surface area contributed by atoms with Gasteiger partial charge in [-0.15, -0.1) is 0 Å². The van der Waals surface area contributed by atoms with Gasteiger partial charge in [-0.2, -0.15) is 5.10 Å². The zero-order valence-electron chi connectivity index (χ0n) is 19.9. The maximum absolute atomic E-state index is 14.5. The fourth-order valence-electron chi connectivity index (χ4n) is 4.89. The monoisotopic (exact) mass is 452 g/mol. The summed E-state index contributed by atoms with van der Waals surface area (Å²) in [6, 6.07) is 8.50. The Morgan fingerprint density at radius 1 is 1.21 bits per heavy atom. The van der Waals surface area contributed by atoms with Gasteiger partial charge in [-0.25, -0.2) is 4.39 Å². The summed E-state index contributed by atoms with van der Waals surface area (Å²) in [5.74, 6) is 0.610. The summed E-state index contributed by atoms with van der Waals surface area (Å²) in [4.78, 5) is 17.5. The Labute approximate surface area is 195 Å². The molecule has 176 valence electrons. The molecule has 0 saturated carbocycles. The van der Waals surface area contributed by atoms with E-state index in [9.17, 15) is 9.18 Å². The number of furan rings is 1. The van der Waals surface area contributed by atoms with Gasteiger partial charge in [0.15, 0.2) is 0 Å². The lowest BCUT2D eigenvalue weighted by atomic mass is 9.84. The molecular weight excluding hydrogens is 419 g/mol. The molecule has 0 bridgehead atoms. The summed E-state index contributed by atoms with van der Waals surface area (Å²) in [7, 11) is 3.80. The molecule has 1 amide bonds. The standard InChI is InChI=1S/C26H33FN4O2/c1-18-22(16-28-30(18)4)17-31-12-9-20(10-13-31)25(15-21-7-5-6-8-24(21)27)29(3)26(32)23-11-14-33-19(23)2/h5-8,11,14,16,20,25H,9-10,12-13,15,17H2,1-4H3. The fourth-order valence-corrected chi connectivity index (χ4v) is 4.89. The molecule has 1 aliphatic heterocycles. The maximum atomic E-state index is 14.5. The van der Waals surface area contributed by atoms with E-state index in [0.717, 1.165) is 32.5 Å². The molecular formula is C26H33FN4O2. The Bertz CT molecular complexity index is 1100. The molecule has 1 unspecified atom stereocenters. The van der Waals surface area contributed by atoms with E-state index in [1.54, 1.807) is 30.2 Å². The summed E-state index contributed by atoms with van der Waals surface area (Å²) >= 11 is 0. The van der Waals surface area contributed by atoms with Crippen molar-refractivity contribution in [2.24, 2.45) is 13.0 Å². The van der Waals surface area contributed by atoms with Crippen LogP contribution in [0.4, 0.5) is 4.39 Å². The van der Waals surface area contributed by atoms with Gasteiger partial charge in [-0.3, -0.25) is 14.4 Å². The number of likely N-dealkylation sites (tertiary alicyclic amines) is 1. The van der Waals surface area contributed by atoms with Crippen LogP contribution in [0.2, 0.25) is 0 Å².